The fourth-order valence-corrected chi connectivity index (χ4v) is 3.31. The van der Waals surface area contributed by atoms with E-state index >= 15 is 0 Å². The number of benzene rings is 3. The van der Waals surface area contributed by atoms with Crippen LogP contribution < -0.4 is 20.2 Å². The van der Waals surface area contributed by atoms with Crippen LogP contribution in [0.15, 0.2) is 88.1 Å². The minimum atomic E-state index is -5.05. The van der Waals surface area contributed by atoms with Crippen molar-refractivity contribution in [3.05, 3.63) is 100 Å². The molecule has 0 bridgehead atoms. The van der Waals surface area contributed by atoms with Crippen LogP contribution in [0.2, 0.25) is 0 Å². The fraction of sp³-hybridized carbons (Fsp3) is 0.148. The van der Waals surface area contributed by atoms with E-state index in [1.807, 2.05) is 0 Å². The van der Waals surface area contributed by atoms with Crippen LogP contribution in [0.5, 0.6) is 17.2 Å². The molecule has 1 amide bonds. The van der Waals surface area contributed by atoms with Gasteiger partial charge in [-0.2, -0.15) is 13.2 Å². The van der Waals surface area contributed by atoms with Crippen molar-refractivity contribution in [1.82, 2.24) is 5.32 Å². The minimum Gasteiger partial charge on any atom is -0.449 e. The SMILES string of the molecule is C[C@H](NC(=O)OCc1ccccc1)C(=O)Oc1ccc2c(=O)c(Oc3ccccc3)c(C(F)(F)F)oc2c1. The summed E-state index contributed by atoms with van der Waals surface area (Å²) in [5, 5.41) is 2.08. The maximum absolute atomic E-state index is 13.7. The molecule has 1 N–H and O–H groups in total. The molecule has 0 saturated heterocycles. The largest absolute Gasteiger partial charge is 0.453 e. The molecule has 0 aliphatic carbocycles. The van der Waals surface area contributed by atoms with E-state index in [1.54, 1.807) is 36.4 Å². The Kier molecular flexibility index (Phi) is 7.66. The average molecular weight is 527 g/mol. The highest BCUT2D eigenvalue weighted by Gasteiger charge is 2.40. The number of rotatable bonds is 7. The van der Waals surface area contributed by atoms with Crippen molar-refractivity contribution in [1.29, 1.82) is 0 Å². The van der Waals surface area contributed by atoms with Gasteiger partial charge in [0.2, 0.25) is 11.2 Å². The van der Waals surface area contributed by atoms with Crippen molar-refractivity contribution in [2.45, 2.75) is 25.7 Å². The third kappa shape index (κ3) is 6.30. The van der Waals surface area contributed by atoms with Crippen molar-refractivity contribution in [2.75, 3.05) is 0 Å². The normalized spacial score (nSPS) is 12.0. The lowest BCUT2D eigenvalue weighted by atomic mass is 10.2. The van der Waals surface area contributed by atoms with Crippen LogP contribution in [0, 0.1) is 0 Å². The number of alkyl carbamates (subject to hydrolysis) is 1. The quantitative estimate of drug-likeness (QED) is 0.238. The Morgan fingerprint density at radius 3 is 2.26 bits per heavy atom. The third-order valence-electron chi connectivity index (χ3n) is 5.16. The summed E-state index contributed by atoms with van der Waals surface area (Å²) in [5.74, 6) is -3.78. The van der Waals surface area contributed by atoms with Gasteiger partial charge in [0.1, 0.15) is 29.7 Å². The summed E-state index contributed by atoms with van der Waals surface area (Å²) >= 11 is 0. The number of nitrogens with one attached hydrogen (secondary N) is 1. The van der Waals surface area contributed by atoms with Crippen molar-refractivity contribution >= 4 is 23.0 Å². The molecule has 3 aromatic carbocycles. The van der Waals surface area contributed by atoms with Gasteiger partial charge in [-0.3, -0.25) is 4.79 Å². The highest BCUT2D eigenvalue weighted by atomic mass is 19.4. The standard InChI is InChI=1S/C27H20F3NO7/c1-16(31-26(34)35-15-17-8-4-2-5-9-17)25(33)37-19-12-13-20-21(14-19)38-24(27(28,29)30)23(22(20)32)36-18-10-6-3-7-11-18/h2-14,16H,15H2,1H3,(H,31,34)/t16-/m0/s1. The van der Waals surface area contributed by atoms with E-state index < -0.39 is 46.8 Å². The monoisotopic (exact) mass is 527 g/mol. The lowest BCUT2D eigenvalue weighted by molar-refractivity contribution is -0.154. The summed E-state index contributed by atoms with van der Waals surface area (Å²) in [5.41, 5.74) is -0.793. The predicted octanol–water partition coefficient (Wildman–Crippen LogP) is 5.82. The van der Waals surface area contributed by atoms with Gasteiger partial charge in [-0.1, -0.05) is 48.5 Å². The highest BCUT2D eigenvalue weighted by molar-refractivity contribution is 5.84. The molecule has 4 aromatic rings. The molecule has 1 atom stereocenters. The van der Waals surface area contributed by atoms with Crippen molar-refractivity contribution in [3.8, 4) is 17.2 Å². The number of carbonyl (C=O) groups excluding carboxylic acids is 2. The Hall–Kier alpha value is -4.80. The second-order valence-electron chi connectivity index (χ2n) is 8.01. The van der Waals surface area contributed by atoms with Crippen LogP contribution >= 0.6 is 0 Å². The fourth-order valence-electron chi connectivity index (χ4n) is 3.31. The van der Waals surface area contributed by atoms with E-state index in [1.165, 1.54) is 37.3 Å². The maximum atomic E-state index is 13.7. The summed E-state index contributed by atoms with van der Waals surface area (Å²) in [4.78, 5) is 37.3. The number of para-hydroxylation sites is 1. The number of amides is 1. The van der Waals surface area contributed by atoms with Gasteiger partial charge in [-0.15, -0.1) is 0 Å². The van der Waals surface area contributed by atoms with Crippen molar-refractivity contribution in [3.63, 3.8) is 0 Å². The summed E-state index contributed by atoms with van der Waals surface area (Å²) in [7, 11) is 0. The van der Waals surface area contributed by atoms with E-state index in [-0.39, 0.29) is 23.5 Å². The maximum Gasteiger partial charge on any atom is 0.453 e. The molecule has 0 aliphatic rings. The molecule has 196 valence electrons. The Balaban J connectivity index is 1.50. The van der Waals surface area contributed by atoms with E-state index in [9.17, 15) is 27.6 Å². The zero-order valence-corrected chi connectivity index (χ0v) is 19.8. The van der Waals surface area contributed by atoms with Gasteiger partial charge in [0.15, 0.2) is 0 Å². The smallest absolute Gasteiger partial charge is 0.449 e. The Labute approximate surface area is 213 Å². The van der Waals surface area contributed by atoms with Gasteiger partial charge < -0.3 is 23.9 Å². The molecule has 8 nitrogen and oxygen atoms in total. The molecule has 0 fully saturated rings. The Morgan fingerprint density at radius 2 is 1.61 bits per heavy atom. The predicted molar refractivity (Wildman–Crippen MR) is 129 cm³/mol. The highest BCUT2D eigenvalue weighted by Crippen LogP contribution is 2.38. The van der Waals surface area contributed by atoms with Gasteiger partial charge in [-0.05, 0) is 36.8 Å². The van der Waals surface area contributed by atoms with E-state index in [2.05, 4.69) is 5.32 Å². The van der Waals surface area contributed by atoms with Crippen LogP contribution in [-0.4, -0.2) is 18.1 Å². The molecule has 4 rings (SSSR count). The zero-order chi connectivity index (χ0) is 27.3. The van der Waals surface area contributed by atoms with E-state index in [4.69, 9.17) is 18.6 Å². The summed E-state index contributed by atoms with van der Waals surface area (Å²) in [6, 6.07) is 18.5. The first-order valence-corrected chi connectivity index (χ1v) is 11.2. The number of esters is 1. The van der Waals surface area contributed by atoms with Gasteiger partial charge in [0.25, 0.3) is 5.76 Å². The number of alkyl halides is 3. The van der Waals surface area contributed by atoms with Gasteiger partial charge >= 0.3 is 18.2 Å². The van der Waals surface area contributed by atoms with Crippen LogP contribution in [0.4, 0.5) is 18.0 Å². The molecular formula is C27H20F3NO7. The van der Waals surface area contributed by atoms with Gasteiger partial charge in [0.05, 0.1) is 5.39 Å². The molecule has 0 unspecified atom stereocenters. The lowest BCUT2D eigenvalue weighted by Crippen LogP contribution is -2.41. The molecule has 0 aliphatic heterocycles. The molecule has 11 heteroatoms. The van der Waals surface area contributed by atoms with E-state index in [0.29, 0.717) is 0 Å². The summed E-state index contributed by atoms with van der Waals surface area (Å²) < 4.78 is 61.6. The minimum absolute atomic E-state index is 0.0129. The Bertz CT molecular complexity index is 1500. The second-order valence-corrected chi connectivity index (χ2v) is 8.01. The number of ether oxygens (including phenoxy) is 3. The van der Waals surface area contributed by atoms with Crippen molar-refractivity contribution in [2.24, 2.45) is 0 Å². The second kappa shape index (κ2) is 11.1. The lowest BCUT2D eigenvalue weighted by Gasteiger charge is -2.15. The molecule has 0 spiro atoms. The molecule has 38 heavy (non-hydrogen) atoms. The van der Waals surface area contributed by atoms with Crippen LogP contribution in [0.25, 0.3) is 11.0 Å². The molecular weight excluding hydrogens is 507 g/mol. The molecule has 1 heterocycles. The van der Waals surface area contributed by atoms with E-state index in [0.717, 1.165) is 17.7 Å². The number of fused-ring (bicyclic) bond motifs is 1. The first kappa shape index (κ1) is 26.3. The van der Waals surface area contributed by atoms with Crippen LogP contribution in [-0.2, 0) is 22.3 Å². The summed E-state index contributed by atoms with van der Waals surface area (Å²) in [6.45, 7) is 1.32. The number of hydrogen-bond donors (Lipinski definition) is 1. The topological polar surface area (TPSA) is 104 Å². The van der Waals surface area contributed by atoms with Gasteiger partial charge in [-0.25, -0.2) is 9.59 Å². The number of carbonyl (C=O) groups is 2. The molecule has 1 aromatic heterocycles. The van der Waals surface area contributed by atoms with Crippen LogP contribution in [0.1, 0.15) is 18.2 Å². The van der Waals surface area contributed by atoms with Crippen LogP contribution in [0.3, 0.4) is 0 Å². The third-order valence-corrected chi connectivity index (χ3v) is 5.16. The first-order chi connectivity index (χ1) is 18.1. The number of halogens is 3. The summed E-state index contributed by atoms with van der Waals surface area (Å²) in [6.07, 6.45) is -5.92. The number of hydrogen-bond acceptors (Lipinski definition) is 7. The first-order valence-electron chi connectivity index (χ1n) is 11.2. The zero-order valence-electron chi connectivity index (χ0n) is 19.8. The molecule has 0 saturated carbocycles. The Morgan fingerprint density at radius 1 is 0.947 bits per heavy atom. The van der Waals surface area contributed by atoms with Crippen molar-refractivity contribution < 1.29 is 41.4 Å². The average Bonchev–Trinajstić information content (AvgIpc) is 2.89. The molecule has 0 radical (unpaired) electrons. The van der Waals surface area contributed by atoms with Gasteiger partial charge in [0, 0.05) is 6.07 Å².